The minimum Gasteiger partial charge on any atom is -0.461 e. The Balaban J connectivity index is 1.01. The van der Waals surface area contributed by atoms with Crippen molar-refractivity contribution >= 4 is 34.6 Å². The van der Waals surface area contributed by atoms with Crippen LogP contribution in [0.25, 0.3) is 16.7 Å². The molecule has 0 spiro atoms. The van der Waals surface area contributed by atoms with Gasteiger partial charge in [-0.25, -0.2) is 9.78 Å². The normalized spacial score (nSPS) is 30.8. The number of carbonyl (C=O) groups excluding carboxylic acids is 3. The van der Waals surface area contributed by atoms with Gasteiger partial charge in [-0.05, 0) is 94.6 Å². The minimum atomic E-state index is -0.641. The van der Waals surface area contributed by atoms with Crippen molar-refractivity contribution in [2.75, 3.05) is 19.6 Å². The molecule has 242 valence electrons. The van der Waals surface area contributed by atoms with Crippen molar-refractivity contribution < 1.29 is 23.9 Å². The van der Waals surface area contributed by atoms with Crippen molar-refractivity contribution in [1.82, 2.24) is 20.2 Å². The van der Waals surface area contributed by atoms with E-state index in [1.165, 1.54) is 29.6 Å². The largest absolute Gasteiger partial charge is 0.461 e. The number of rotatable bonds is 8. The summed E-state index contributed by atoms with van der Waals surface area (Å²) in [4.78, 5) is 41.2. The molecule has 45 heavy (non-hydrogen) atoms. The van der Waals surface area contributed by atoms with Gasteiger partial charge in [-0.3, -0.25) is 14.9 Å². The van der Waals surface area contributed by atoms with E-state index in [9.17, 15) is 14.4 Å². The van der Waals surface area contributed by atoms with Gasteiger partial charge >= 0.3 is 12.1 Å². The molecule has 1 aromatic carbocycles. The van der Waals surface area contributed by atoms with Crippen molar-refractivity contribution in [2.24, 2.45) is 28.6 Å². The summed E-state index contributed by atoms with van der Waals surface area (Å²) in [7, 11) is 0. The number of nitrogens with one attached hydrogen (secondary N) is 2. The van der Waals surface area contributed by atoms with Crippen LogP contribution in [0.5, 0.6) is 0 Å². The zero-order chi connectivity index (χ0) is 32.0. The number of esters is 1. The number of carbonyl (C=O) groups is 3. The van der Waals surface area contributed by atoms with E-state index < -0.39 is 11.7 Å². The van der Waals surface area contributed by atoms with E-state index in [0.29, 0.717) is 17.8 Å². The zero-order valence-electron chi connectivity index (χ0n) is 27.4. The number of alkyl carbamates (subject to hydrolysis) is 1. The highest BCUT2D eigenvalue weighted by Crippen LogP contribution is 2.65. The zero-order valence-corrected chi connectivity index (χ0v) is 27.4. The molecular weight excluding hydrogens is 568 g/mol. The Kier molecular flexibility index (Phi) is 8.44. The molecule has 1 heterocycles. The van der Waals surface area contributed by atoms with E-state index in [1.807, 2.05) is 6.33 Å². The molecule has 2 fully saturated rings. The average Bonchev–Trinajstić information content (AvgIpc) is 3.56. The Bertz CT molecular complexity index is 1540. The first-order valence-electron chi connectivity index (χ1n) is 16.6. The lowest BCUT2D eigenvalue weighted by Crippen LogP contribution is -2.50. The first-order valence-corrected chi connectivity index (χ1v) is 16.6. The molecular formula is C36H48N4O5. The maximum Gasteiger partial charge on any atom is 0.408 e. The molecule has 1 aromatic heterocycles. The molecule has 2 aromatic rings. The fourth-order valence-electron chi connectivity index (χ4n) is 8.88. The lowest BCUT2D eigenvalue weighted by atomic mass is 9.47. The SMILES string of the molecule is CC(C)(C)OC(=O)NCC(=O)CNCC(=O)OC1CCC2(C)C(=CCC3C2CCC2(C)C(n4cnc5ccccc54)=CCC32)C1. The molecule has 1 amide bonds. The molecule has 9 nitrogen and oxygen atoms in total. The molecule has 6 unspecified atom stereocenters. The number of hydrogen-bond donors (Lipinski definition) is 2. The van der Waals surface area contributed by atoms with Gasteiger partial charge in [0.05, 0.1) is 30.7 Å². The summed E-state index contributed by atoms with van der Waals surface area (Å²) in [6, 6.07) is 8.42. The third-order valence-electron chi connectivity index (χ3n) is 11.0. The number of allylic oxidation sites excluding steroid dienone is 3. The number of hydrogen-bond acceptors (Lipinski definition) is 7. The van der Waals surface area contributed by atoms with Crippen LogP contribution in [0.1, 0.15) is 79.6 Å². The van der Waals surface area contributed by atoms with Crippen molar-refractivity contribution in [3.05, 3.63) is 48.3 Å². The summed E-state index contributed by atoms with van der Waals surface area (Å²) in [5, 5.41) is 5.30. The Morgan fingerprint density at radius 1 is 0.978 bits per heavy atom. The fraction of sp³-hybridized carbons (Fsp3) is 0.611. The summed E-state index contributed by atoms with van der Waals surface area (Å²) >= 11 is 0. The Hall–Kier alpha value is -3.46. The molecule has 6 rings (SSSR count). The van der Waals surface area contributed by atoms with Gasteiger partial charge in [0.15, 0.2) is 5.78 Å². The highest BCUT2D eigenvalue weighted by Gasteiger charge is 2.57. The van der Waals surface area contributed by atoms with E-state index in [4.69, 9.17) is 14.5 Å². The standard InChI is InChI=1S/C36H48N4O5/c1-34(2,3)45-33(43)38-20-24(41)19-37-21-32(42)44-25-14-16-35(4)23(18-25)10-11-26-27-12-13-31(36(27,5)17-15-28(26)35)40-22-39-29-8-6-7-9-30(29)40/h6-10,13,22,25-28,37H,11-12,14-21H2,1-5H3,(H,38,43). The van der Waals surface area contributed by atoms with Crippen LogP contribution in [-0.4, -0.2) is 58.7 Å². The number of nitrogens with zero attached hydrogens (tertiary/aromatic N) is 2. The van der Waals surface area contributed by atoms with Gasteiger partial charge in [-0.1, -0.05) is 43.7 Å². The van der Waals surface area contributed by atoms with Crippen LogP contribution in [0.3, 0.4) is 0 Å². The summed E-state index contributed by atoms with van der Waals surface area (Å²) in [6.45, 7) is 9.98. The summed E-state index contributed by atoms with van der Waals surface area (Å²) < 4.78 is 13.3. The van der Waals surface area contributed by atoms with Gasteiger partial charge in [0.1, 0.15) is 18.0 Å². The highest BCUT2D eigenvalue weighted by molar-refractivity contribution is 5.86. The second kappa shape index (κ2) is 12.0. The van der Waals surface area contributed by atoms with E-state index in [1.54, 1.807) is 20.8 Å². The molecule has 6 atom stereocenters. The average molecular weight is 617 g/mol. The van der Waals surface area contributed by atoms with Crippen LogP contribution in [0, 0.1) is 28.6 Å². The second-order valence-electron chi connectivity index (χ2n) is 15.0. The van der Waals surface area contributed by atoms with Crippen LogP contribution in [0.2, 0.25) is 0 Å². The second-order valence-corrected chi connectivity index (χ2v) is 15.0. The van der Waals surface area contributed by atoms with Crippen LogP contribution < -0.4 is 10.6 Å². The number of amides is 1. The Morgan fingerprint density at radius 2 is 1.76 bits per heavy atom. The summed E-state index contributed by atoms with van der Waals surface area (Å²) in [6.07, 6.45) is 13.5. The topological polar surface area (TPSA) is 112 Å². The van der Waals surface area contributed by atoms with E-state index in [2.05, 4.69) is 65.5 Å². The molecule has 0 bridgehead atoms. The minimum absolute atomic E-state index is 0.0322. The lowest BCUT2D eigenvalue weighted by Gasteiger charge is -2.57. The van der Waals surface area contributed by atoms with E-state index in [-0.39, 0.29) is 48.3 Å². The van der Waals surface area contributed by atoms with Crippen LogP contribution in [-0.2, 0) is 19.1 Å². The Labute approximate surface area is 266 Å². The molecule has 4 aliphatic rings. The molecule has 2 saturated carbocycles. The van der Waals surface area contributed by atoms with Gasteiger partial charge in [0.2, 0.25) is 0 Å². The number of aromatic nitrogens is 2. The molecule has 9 heteroatoms. The molecule has 0 radical (unpaired) electrons. The number of Topliss-reactive ketones (excluding diaryl/α,β-unsaturated/α-hetero) is 1. The highest BCUT2D eigenvalue weighted by atomic mass is 16.6. The predicted octanol–water partition coefficient (Wildman–Crippen LogP) is 6.05. The van der Waals surface area contributed by atoms with Crippen LogP contribution >= 0.6 is 0 Å². The van der Waals surface area contributed by atoms with Crippen LogP contribution in [0.4, 0.5) is 4.79 Å². The monoisotopic (exact) mass is 616 g/mol. The predicted molar refractivity (Wildman–Crippen MR) is 173 cm³/mol. The smallest absolute Gasteiger partial charge is 0.408 e. The number of benzene rings is 1. The van der Waals surface area contributed by atoms with Crippen molar-refractivity contribution in [1.29, 1.82) is 0 Å². The van der Waals surface area contributed by atoms with E-state index in [0.717, 1.165) is 37.6 Å². The fourth-order valence-corrected chi connectivity index (χ4v) is 8.88. The van der Waals surface area contributed by atoms with Crippen molar-refractivity contribution in [3.63, 3.8) is 0 Å². The van der Waals surface area contributed by atoms with Gasteiger partial charge in [0, 0.05) is 17.5 Å². The van der Waals surface area contributed by atoms with Crippen molar-refractivity contribution in [2.45, 2.75) is 91.3 Å². The molecule has 4 aliphatic carbocycles. The number of imidazole rings is 1. The first-order chi connectivity index (χ1) is 21.4. The summed E-state index contributed by atoms with van der Waals surface area (Å²) in [5.74, 6) is 1.31. The first kappa shape index (κ1) is 31.5. The van der Waals surface area contributed by atoms with Crippen molar-refractivity contribution in [3.8, 4) is 0 Å². The van der Waals surface area contributed by atoms with Gasteiger partial charge < -0.3 is 19.4 Å². The Morgan fingerprint density at radius 3 is 2.56 bits per heavy atom. The number of ether oxygens (including phenoxy) is 2. The molecule has 0 aliphatic heterocycles. The number of ketones is 1. The number of fused-ring (bicyclic) bond motifs is 6. The molecule has 2 N–H and O–H groups in total. The van der Waals surface area contributed by atoms with Crippen LogP contribution in [0.15, 0.2) is 48.3 Å². The maximum atomic E-state index is 12.6. The lowest BCUT2D eigenvalue weighted by molar-refractivity contribution is -0.150. The van der Waals surface area contributed by atoms with Gasteiger partial charge in [0.25, 0.3) is 0 Å². The summed E-state index contributed by atoms with van der Waals surface area (Å²) in [5.41, 5.74) is 4.77. The number of para-hydroxylation sites is 2. The third-order valence-corrected chi connectivity index (χ3v) is 11.0. The quantitative estimate of drug-likeness (QED) is 0.275. The third kappa shape index (κ3) is 6.20. The van der Waals surface area contributed by atoms with Gasteiger partial charge in [-0.2, -0.15) is 0 Å². The maximum absolute atomic E-state index is 12.6. The molecule has 0 saturated heterocycles. The van der Waals surface area contributed by atoms with E-state index >= 15 is 0 Å². The van der Waals surface area contributed by atoms with Gasteiger partial charge in [-0.15, -0.1) is 0 Å².